The molecule has 0 radical (unpaired) electrons. The normalized spacial score (nSPS) is 10.9. The number of fused-ring (bicyclic) bond motifs is 1. The van der Waals surface area contributed by atoms with Crippen molar-refractivity contribution in [1.82, 2.24) is 9.97 Å². The Bertz CT molecular complexity index is 1120. The molecule has 5 heteroatoms. The highest BCUT2D eigenvalue weighted by Crippen LogP contribution is 2.28. The van der Waals surface area contributed by atoms with Crippen LogP contribution in [0.4, 0.5) is 5.69 Å². The van der Waals surface area contributed by atoms with E-state index in [0.717, 1.165) is 34.3 Å². The highest BCUT2D eigenvalue weighted by atomic mass is 16.3. The van der Waals surface area contributed by atoms with Crippen LogP contribution in [-0.4, -0.2) is 15.9 Å². The molecular weight excluding hydrogens is 338 g/mol. The van der Waals surface area contributed by atoms with Gasteiger partial charge in [-0.25, -0.2) is 4.98 Å². The lowest BCUT2D eigenvalue weighted by Gasteiger charge is -2.09. The first-order chi connectivity index (χ1) is 13.1. The lowest BCUT2D eigenvalue weighted by molar-refractivity contribution is 0.102. The highest BCUT2D eigenvalue weighted by Gasteiger charge is 2.12. The maximum atomic E-state index is 12.4. The SMILES string of the molecule is CCc1ccc2oc(-c3ccc(C)c(NC(=O)c4cccnc4)c3)nc2c1. The topological polar surface area (TPSA) is 68.0 Å². The fraction of sp³-hybridized carbons (Fsp3) is 0.136. The largest absolute Gasteiger partial charge is 0.436 e. The predicted octanol–water partition coefficient (Wildman–Crippen LogP) is 5.01. The molecule has 0 saturated carbocycles. The minimum Gasteiger partial charge on any atom is -0.436 e. The number of hydrogen-bond acceptors (Lipinski definition) is 4. The van der Waals surface area contributed by atoms with Crippen molar-refractivity contribution in [3.8, 4) is 11.5 Å². The van der Waals surface area contributed by atoms with Gasteiger partial charge in [0.05, 0.1) is 5.56 Å². The Kier molecular flexibility index (Phi) is 4.42. The lowest BCUT2D eigenvalue weighted by atomic mass is 10.1. The monoisotopic (exact) mass is 357 g/mol. The van der Waals surface area contributed by atoms with Gasteiger partial charge in [-0.15, -0.1) is 0 Å². The lowest BCUT2D eigenvalue weighted by Crippen LogP contribution is -2.13. The average Bonchev–Trinajstić information content (AvgIpc) is 3.13. The maximum absolute atomic E-state index is 12.4. The third-order valence-corrected chi connectivity index (χ3v) is 4.52. The molecule has 0 fully saturated rings. The van der Waals surface area contributed by atoms with Crippen molar-refractivity contribution < 1.29 is 9.21 Å². The zero-order chi connectivity index (χ0) is 18.8. The third kappa shape index (κ3) is 3.44. The summed E-state index contributed by atoms with van der Waals surface area (Å²) in [7, 11) is 0. The molecule has 134 valence electrons. The number of pyridine rings is 1. The smallest absolute Gasteiger partial charge is 0.257 e. The van der Waals surface area contributed by atoms with Crippen molar-refractivity contribution in [3.05, 3.63) is 77.6 Å². The van der Waals surface area contributed by atoms with Crippen LogP contribution in [0.5, 0.6) is 0 Å². The van der Waals surface area contributed by atoms with Crippen molar-refractivity contribution in [2.75, 3.05) is 5.32 Å². The van der Waals surface area contributed by atoms with E-state index in [1.54, 1.807) is 24.5 Å². The number of nitrogens with one attached hydrogen (secondary N) is 1. The minimum atomic E-state index is -0.200. The Morgan fingerprint density at radius 3 is 2.81 bits per heavy atom. The van der Waals surface area contributed by atoms with E-state index in [9.17, 15) is 4.79 Å². The van der Waals surface area contributed by atoms with Gasteiger partial charge >= 0.3 is 0 Å². The third-order valence-electron chi connectivity index (χ3n) is 4.52. The second-order valence-corrected chi connectivity index (χ2v) is 6.40. The van der Waals surface area contributed by atoms with E-state index in [-0.39, 0.29) is 5.91 Å². The van der Waals surface area contributed by atoms with E-state index in [2.05, 4.69) is 22.2 Å². The van der Waals surface area contributed by atoms with Crippen molar-refractivity contribution in [2.24, 2.45) is 0 Å². The number of aromatic nitrogens is 2. The Morgan fingerprint density at radius 2 is 2.04 bits per heavy atom. The summed E-state index contributed by atoms with van der Waals surface area (Å²) in [6.45, 7) is 4.06. The second-order valence-electron chi connectivity index (χ2n) is 6.40. The van der Waals surface area contributed by atoms with Gasteiger partial charge in [0, 0.05) is 23.6 Å². The zero-order valence-electron chi connectivity index (χ0n) is 15.2. The maximum Gasteiger partial charge on any atom is 0.257 e. The van der Waals surface area contributed by atoms with Crippen LogP contribution in [0.3, 0.4) is 0 Å². The highest BCUT2D eigenvalue weighted by molar-refractivity contribution is 6.04. The molecule has 0 atom stereocenters. The van der Waals surface area contributed by atoms with Gasteiger partial charge in [0.15, 0.2) is 5.58 Å². The molecule has 0 aliphatic rings. The van der Waals surface area contributed by atoms with Crippen LogP contribution in [0.2, 0.25) is 0 Å². The van der Waals surface area contributed by atoms with Gasteiger partial charge in [-0.1, -0.05) is 19.1 Å². The molecule has 0 aliphatic carbocycles. The van der Waals surface area contributed by atoms with E-state index in [0.29, 0.717) is 11.5 Å². The van der Waals surface area contributed by atoms with Crippen molar-refractivity contribution in [3.63, 3.8) is 0 Å². The Morgan fingerprint density at radius 1 is 1.15 bits per heavy atom. The quantitative estimate of drug-likeness (QED) is 0.557. The number of carbonyl (C=O) groups is 1. The predicted molar refractivity (Wildman–Crippen MR) is 106 cm³/mol. The number of oxazole rings is 1. The number of hydrogen-bond donors (Lipinski definition) is 1. The number of rotatable bonds is 4. The van der Waals surface area contributed by atoms with E-state index >= 15 is 0 Å². The van der Waals surface area contributed by atoms with Crippen LogP contribution in [-0.2, 0) is 6.42 Å². The molecule has 0 spiro atoms. The summed E-state index contributed by atoms with van der Waals surface area (Å²) in [5.41, 5.74) is 5.82. The van der Waals surface area contributed by atoms with Crippen LogP contribution in [0, 0.1) is 6.92 Å². The summed E-state index contributed by atoms with van der Waals surface area (Å²) < 4.78 is 5.90. The molecule has 4 rings (SSSR count). The number of benzene rings is 2. The number of amides is 1. The van der Waals surface area contributed by atoms with Gasteiger partial charge in [0.2, 0.25) is 5.89 Å². The molecule has 5 nitrogen and oxygen atoms in total. The second kappa shape index (κ2) is 7.03. The minimum absolute atomic E-state index is 0.200. The van der Waals surface area contributed by atoms with Crippen molar-refractivity contribution in [2.45, 2.75) is 20.3 Å². The van der Waals surface area contributed by atoms with E-state index < -0.39 is 0 Å². The van der Waals surface area contributed by atoms with E-state index in [1.807, 2.05) is 43.3 Å². The van der Waals surface area contributed by atoms with Crippen molar-refractivity contribution >= 4 is 22.7 Å². The molecule has 27 heavy (non-hydrogen) atoms. The zero-order valence-corrected chi connectivity index (χ0v) is 15.2. The molecule has 1 N–H and O–H groups in total. The van der Waals surface area contributed by atoms with Crippen molar-refractivity contribution in [1.29, 1.82) is 0 Å². The van der Waals surface area contributed by atoms with Crippen LogP contribution in [0.15, 0.2) is 65.3 Å². The van der Waals surface area contributed by atoms with Crippen LogP contribution >= 0.6 is 0 Å². The van der Waals surface area contributed by atoms with Gasteiger partial charge in [-0.2, -0.15) is 0 Å². The molecule has 4 aromatic rings. The molecule has 0 saturated heterocycles. The molecular formula is C22H19N3O2. The fourth-order valence-corrected chi connectivity index (χ4v) is 2.90. The molecule has 2 heterocycles. The van der Waals surface area contributed by atoms with Gasteiger partial charge in [0.25, 0.3) is 5.91 Å². The van der Waals surface area contributed by atoms with E-state index in [1.165, 1.54) is 5.56 Å². The molecule has 1 amide bonds. The molecule has 0 bridgehead atoms. The Labute approximate surface area is 157 Å². The standard InChI is InChI=1S/C22H19N3O2/c1-3-15-7-9-20-19(11-15)25-22(27-20)16-8-6-14(2)18(12-16)24-21(26)17-5-4-10-23-13-17/h4-13H,3H2,1-2H3,(H,24,26). The first-order valence-electron chi connectivity index (χ1n) is 8.86. The first kappa shape index (κ1) is 17.0. The summed E-state index contributed by atoms with van der Waals surface area (Å²) in [5.74, 6) is 0.337. The summed E-state index contributed by atoms with van der Waals surface area (Å²) >= 11 is 0. The number of nitrogens with zero attached hydrogens (tertiary/aromatic N) is 2. The fourth-order valence-electron chi connectivity index (χ4n) is 2.90. The number of anilines is 1. The van der Waals surface area contributed by atoms with Gasteiger partial charge in [0.1, 0.15) is 5.52 Å². The molecule has 0 unspecified atom stereocenters. The van der Waals surface area contributed by atoms with Gasteiger partial charge in [-0.05, 0) is 60.9 Å². The van der Waals surface area contributed by atoms with Crippen LogP contribution in [0.25, 0.3) is 22.6 Å². The van der Waals surface area contributed by atoms with Crippen LogP contribution < -0.4 is 5.32 Å². The Hall–Kier alpha value is -3.47. The summed E-state index contributed by atoms with van der Waals surface area (Å²) in [6.07, 6.45) is 4.13. The molecule has 0 aliphatic heterocycles. The number of carbonyl (C=O) groups excluding carboxylic acids is 1. The van der Waals surface area contributed by atoms with Gasteiger partial charge < -0.3 is 9.73 Å². The number of aryl methyl sites for hydroxylation is 2. The van der Waals surface area contributed by atoms with Gasteiger partial charge in [-0.3, -0.25) is 9.78 Å². The first-order valence-corrected chi connectivity index (χ1v) is 8.86. The summed E-state index contributed by atoms with van der Waals surface area (Å²) in [5, 5.41) is 2.94. The summed E-state index contributed by atoms with van der Waals surface area (Å²) in [4.78, 5) is 21.0. The van der Waals surface area contributed by atoms with Crippen LogP contribution in [0.1, 0.15) is 28.4 Å². The Balaban J connectivity index is 1.67. The summed E-state index contributed by atoms with van der Waals surface area (Å²) in [6, 6.07) is 15.3. The molecule has 2 aromatic carbocycles. The molecule has 2 aromatic heterocycles. The van der Waals surface area contributed by atoms with E-state index in [4.69, 9.17) is 4.42 Å². The average molecular weight is 357 g/mol.